The maximum Gasteiger partial charge on any atom is 0.0881 e. The fraction of sp³-hybridized carbons (Fsp3) is 0.143. The third-order valence-corrected chi connectivity index (χ3v) is 1.42. The quantitative estimate of drug-likeness (QED) is 0.481. The van der Waals surface area contributed by atoms with Crippen LogP contribution in [0.15, 0.2) is 23.5 Å². The summed E-state index contributed by atoms with van der Waals surface area (Å²) in [5.74, 6) is -3.04. The van der Waals surface area contributed by atoms with E-state index in [0.717, 1.165) is 0 Å². The van der Waals surface area contributed by atoms with E-state index < -0.39 is 17.6 Å². The Hall–Kier alpha value is -1.78. The molecule has 5 heteroatoms. The van der Waals surface area contributed by atoms with Crippen LogP contribution in [0.5, 0.6) is 0 Å². The molecule has 64 valence electrons. The Labute approximate surface area is 68.0 Å². The number of hydrogen-bond acceptors (Lipinski definition) is 5. The van der Waals surface area contributed by atoms with Gasteiger partial charge in [-0.15, -0.1) is 0 Å². The predicted octanol–water partition coefficient (Wildman–Crippen LogP) is -2.75. The van der Waals surface area contributed by atoms with E-state index in [0.29, 0.717) is 0 Å². The van der Waals surface area contributed by atoms with Crippen molar-refractivity contribution in [2.75, 3.05) is 0 Å². The van der Waals surface area contributed by atoms with Crippen molar-refractivity contribution in [2.45, 2.75) is 6.42 Å². The number of hydrogen-bond donors (Lipinski definition) is 1. The SMILES string of the molecule is O=C([O-])C1=C(C(=O)[O-])NC=CC1. The van der Waals surface area contributed by atoms with Gasteiger partial charge in [0.15, 0.2) is 0 Å². The molecule has 12 heavy (non-hydrogen) atoms. The summed E-state index contributed by atoms with van der Waals surface area (Å²) in [7, 11) is 0. The van der Waals surface area contributed by atoms with Crippen LogP contribution in [0, 0.1) is 0 Å². The molecule has 0 aliphatic carbocycles. The van der Waals surface area contributed by atoms with Crippen LogP contribution in [0.2, 0.25) is 0 Å². The molecule has 0 saturated carbocycles. The molecule has 0 aromatic carbocycles. The molecule has 0 atom stereocenters. The first-order chi connectivity index (χ1) is 5.63. The van der Waals surface area contributed by atoms with Crippen LogP contribution in [0.3, 0.4) is 0 Å². The standard InChI is InChI=1S/C7H7NO4/c9-6(10)4-2-1-3-8-5(4)7(11)12/h1,3,8H,2H2,(H,9,10)(H,11,12)/p-2. The van der Waals surface area contributed by atoms with Crippen molar-refractivity contribution in [2.24, 2.45) is 0 Å². The molecule has 0 radical (unpaired) electrons. The second kappa shape index (κ2) is 3.08. The number of dihydropyridines is 1. The average Bonchev–Trinajstić information content (AvgIpc) is 2.04. The molecule has 0 bridgehead atoms. The summed E-state index contributed by atoms with van der Waals surface area (Å²) < 4.78 is 0. The van der Waals surface area contributed by atoms with E-state index in [2.05, 4.69) is 5.32 Å². The molecule has 1 rings (SSSR count). The van der Waals surface area contributed by atoms with Gasteiger partial charge in [0.2, 0.25) is 0 Å². The van der Waals surface area contributed by atoms with Gasteiger partial charge in [-0.25, -0.2) is 0 Å². The Morgan fingerprint density at radius 2 is 2.00 bits per heavy atom. The van der Waals surface area contributed by atoms with Gasteiger partial charge in [0.05, 0.1) is 17.6 Å². The molecule has 0 unspecified atom stereocenters. The first kappa shape index (κ1) is 8.32. The van der Waals surface area contributed by atoms with Gasteiger partial charge in [-0.3, -0.25) is 0 Å². The normalized spacial score (nSPS) is 15.7. The highest BCUT2D eigenvalue weighted by molar-refractivity contribution is 5.97. The van der Waals surface area contributed by atoms with Crippen LogP contribution in [-0.2, 0) is 9.59 Å². The van der Waals surface area contributed by atoms with Crippen molar-refractivity contribution in [1.29, 1.82) is 0 Å². The Morgan fingerprint density at radius 3 is 2.42 bits per heavy atom. The summed E-state index contributed by atoms with van der Waals surface area (Å²) >= 11 is 0. The van der Waals surface area contributed by atoms with Gasteiger partial charge in [0.25, 0.3) is 0 Å². The van der Waals surface area contributed by atoms with Crippen molar-refractivity contribution < 1.29 is 19.8 Å². The van der Waals surface area contributed by atoms with Crippen LogP contribution in [-0.4, -0.2) is 11.9 Å². The monoisotopic (exact) mass is 167 g/mol. The Kier molecular flexibility index (Phi) is 2.14. The molecule has 1 heterocycles. The molecular weight excluding hydrogens is 162 g/mol. The lowest BCUT2D eigenvalue weighted by molar-refractivity contribution is -0.304. The minimum absolute atomic E-state index is 0.0403. The lowest BCUT2D eigenvalue weighted by Crippen LogP contribution is -2.37. The first-order valence-electron chi connectivity index (χ1n) is 3.20. The van der Waals surface area contributed by atoms with Gasteiger partial charge >= 0.3 is 0 Å². The third kappa shape index (κ3) is 1.45. The fourth-order valence-corrected chi connectivity index (χ4v) is 0.876. The van der Waals surface area contributed by atoms with E-state index in [1.54, 1.807) is 0 Å². The van der Waals surface area contributed by atoms with E-state index in [9.17, 15) is 19.8 Å². The van der Waals surface area contributed by atoms with Gasteiger partial charge < -0.3 is 25.1 Å². The number of rotatable bonds is 2. The van der Waals surface area contributed by atoms with Gasteiger partial charge in [-0.05, 0) is 12.6 Å². The summed E-state index contributed by atoms with van der Waals surface area (Å²) in [4.78, 5) is 20.6. The number of aliphatic carboxylic acids is 2. The lowest BCUT2D eigenvalue weighted by atomic mass is 10.1. The second-order valence-corrected chi connectivity index (χ2v) is 2.18. The molecule has 5 nitrogen and oxygen atoms in total. The summed E-state index contributed by atoms with van der Waals surface area (Å²) in [6.45, 7) is 0. The predicted molar refractivity (Wildman–Crippen MR) is 33.9 cm³/mol. The lowest BCUT2D eigenvalue weighted by Gasteiger charge is -2.18. The molecule has 0 spiro atoms. The molecular formula is C7H5NO4-2. The zero-order chi connectivity index (χ0) is 9.14. The largest absolute Gasteiger partial charge is 0.545 e. The van der Waals surface area contributed by atoms with Crippen LogP contribution >= 0.6 is 0 Å². The average molecular weight is 167 g/mol. The van der Waals surface area contributed by atoms with Crippen molar-refractivity contribution in [3.63, 3.8) is 0 Å². The zero-order valence-electron chi connectivity index (χ0n) is 5.99. The minimum atomic E-state index is -1.54. The van der Waals surface area contributed by atoms with Gasteiger partial charge in [0.1, 0.15) is 0 Å². The molecule has 1 aliphatic rings. The number of carbonyl (C=O) groups excluding carboxylic acids is 2. The Bertz CT molecular complexity index is 262. The van der Waals surface area contributed by atoms with Crippen molar-refractivity contribution in [3.8, 4) is 0 Å². The maximum atomic E-state index is 10.3. The molecule has 0 saturated heterocycles. The van der Waals surface area contributed by atoms with Gasteiger partial charge in [0, 0.05) is 5.57 Å². The number of allylic oxidation sites excluding steroid dienone is 1. The summed E-state index contributed by atoms with van der Waals surface area (Å²) in [6.07, 6.45) is 2.87. The van der Waals surface area contributed by atoms with E-state index >= 15 is 0 Å². The Balaban J connectivity index is 3.01. The number of carbonyl (C=O) groups is 2. The molecule has 0 aromatic rings. The van der Waals surface area contributed by atoms with Crippen LogP contribution in [0.25, 0.3) is 0 Å². The molecule has 0 aromatic heterocycles. The number of carboxylic acids is 2. The molecule has 1 N–H and O–H groups in total. The minimum Gasteiger partial charge on any atom is -0.545 e. The highest BCUT2D eigenvalue weighted by Crippen LogP contribution is 2.10. The van der Waals surface area contributed by atoms with Gasteiger partial charge in [-0.1, -0.05) is 6.08 Å². The van der Waals surface area contributed by atoms with Crippen molar-refractivity contribution in [1.82, 2.24) is 5.32 Å². The van der Waals surface area contributed by atoms with Crippen molar-refractivity contribution in [3.05, 3.63) is 23.5 Å². The second-order valence-electron chi connectivity index (χ2n) is 2.18. The van der Waals surface area contributed by atoms with E-state index in [4.69, 9.17) is 0 Å². The third-order valence-electron chi connectivity index (χ3n) is 1.42. The summed E-state index contributed by atoms with van der Waals surface area (Å²) in [5, 5.41) is 22.9. The topological polar surface area (TPSA) is 92.3 Å². The van der Waals surface area contributed by atoms with E-state index in [1.807, 2.05) is 0 Å². The fourth-order valence-electron chi connectivity index (χ4n) is 0.876. The van der Waals surface area contributed by atoms with Crippen molar-refractivity contribution >= 4 is 11.9 Å². The van der Waals surface area contributed by atoms with Crippen LogP contribution < -0.4 is 15.5 Å². The summed E-state index contributed by atoms with van der Waals surface area (Å²) in [6, 6.07) is 0. The van der Waals surface area contributed by atoms with Gasteiger partial charge in [-0.2, -0.15) is 0 Å². The van der Waals surface area contributed by atoms with E-state index in [-0.39, 0.29) is 12.0 Å². The number of nitrogens with one attached hydrogen (secondary N) is 1. The zero-order valence-corrected chi connectivity index (χ0v) is 5.99. The first-order valence-corrected chi connectivity index (χ1v) is 3.20. The highest BCUT2D eigenvalue weighted by Gasteiger charge is 2.09. The van der Waals surface area contributed by atoms with Crippen LogP contribution in [0.4, 0.5) is 0 Å². The number of carboxylic acid groups (broad SMARTS) is 2. The Morgan fingerprint density at radius 1 is 1.33 bits per heavy atom. The molecule has 1 aliphatic heterocycles. The smallest absolute Gasteiger partial charge is 0.0881 e. The maximum absolute atomic E-state index is 10.3. The van der Waals surface area contributed by atoms with Crippen LogP contribution in [0.1, 0.15) is 6.42 Å². The van der Waals surface area contributed by atoms with E-state index in [1.165, 1.54) is 12.3 Å². The highest BCUT2D eigenvalue weighted by atomic mass is 16.4. The molecule has 0 fully saturated rings. The molecule has 0 amide bonds. The summed E-state index contributed by atoms with van der Waals surface area (Å²) in [5.41, 5.74) is -0.727.